The number of aliphatic hydroxyl groups excluding tert-OH is 1. The topological polar surface area (TPSA) is 383 Å². The molecule has 0 radical (unpaired) electrons. The molecule has 0 aliphatic rings. The number of methoxy groups -OCH3 is 1. The largest absolute Gasteiger partial charge is 0.396 e. The Morgan fingerprint density at radius 2 is 0.677 bits per heavy atom. The Labute approximate surface area is 736 Å². The maximum atomic E-state index is 12.7. The summed E-state index contributed by atoms with van der Waals surface area (Å²) in [4.78, 5) is 76.3. The highest BCUT2D eigenvalue weighted by molar-refractivity contribution is 7.92. The van der Waals surface area contributed by atoms with Gasteiger partial charge in [0.15, 0.2) is 39.3 Å². The number of ether oxygens (including phenoxy) is 1. The number of hydrogen-bond donors (Lipinski definition) is 5. The van der Waals surface area contributed by atoms with Crippen molar-refractivity contribution in [2.24, 2.45) is 0 Å². The van der Waals surface area contributed by atoms with Crippen molar-refractivity contribution >= 4 is 132 Å². The minimum Gasteiger partial charge on any atom is -0.396 e. The van der Waals surface area contributed by atoms with Crippen molar-refractivity contribution in [1.29, 1.82) is 0 Å². The van der Waals surface area contributed by atoms with Crippen LogP contribution in [0.15, 0.2) is 306 Å². The van der Waals surface area contributed by atoms with Crippen molar-refractivity contribution in [3.63, 3.8) is 0 Å². The van der Waals surface area contributed by atoms with Crippen molar-refractivity contribution < 1.29 is 62.7 Å². The lowest BCUT2D eigenvalue weighted by molar-refractivity contribution is 0.101. The Bertz CT molecular complexity index is 6160. The highest BCUT2D eigenvalue weighted by Crippen LogP contribution is 2.34. The molecule has 5 N–H and O–H groups in total. The maximum absolute atomic E-state index is 12.7. The quantitative estimate of drug-likeness (QED) is 0.0304. The van der Waals surface area contributed by atoms with E-state index in [-0.39, 0.29) is 92.4 Å². The molecule has 14 aromatic rings. The number of pyridine rings is 4. The van der Waals surface area contributed by atoms with Crippen molar-refractivity contribution in [1.82, 2.24) is 44.3 Å². The van der Waals surface area contributed by atoms with E-state index in [1.54, 1.807) is 128 Å². The van der Waals surface area contributed by atoms with Crippen molar-refractivity contribution in [2.45, 2.75) is 52.9 Å². The number of benzene rings is 8. The summed E-state index contributed by atoms with van der Waals surface area (Å²) in [5.41, 5.74) is 9.89. The average molecular weight is 1820 g/mol. The van der Waals surface area contributed by atoms with Crippen LogP contribution in [0.2, 0.25) is 20.1 Å². The number of hydrogen-bond acceptors (Lipinski definition) is 21. The molecule has 27 nitrogen and oxygen atoms in total. The molecule has 0 fully saturated rings. The van der Waals surface area contributed by atoms with Crippen LogP contribution in [0.3, 0.4) is 0 Å². The number of nitrogens with zero attached hydrogens (tertiary/aromatic N) is 9. The van der Waals surface area contributed by atoms with Crippen LogP contribution in [0.1, 0.15) is 59.4 Å². The molecule has 6 heterocycles. The number of halogens is 4. The highest BCUT2D eigenvalue weighted by Gasteiger charge is 2.23. The average Bonchev–Trinajstić information content (AvgIpc) is 1.37. The third kappa shape index (κ3) is 25.8. The summed E-state index contributed by atoms with van der Waals surface area (Å²) < 4.78 is 107. The van der Waals surface area contributed by atoms with Gasteiger partial charge in [0.2, 0.25) is 0 Å². The molecular weight excluding hydrogens is 1750 g/mol. The fourth-order valence-electron chi connectivity index (χ4n) is 11.8. The zero-order valence-electron chi connectivity index (χ0n) is 66.4. The molecule has 35 heteroatoms. The van der Waals surface area contributed by atoms with Gasteiger partial charge in [-0.25, -0.2) is 43.6 Å². The molecule has 0 unspecified atom stereocenters. The standard InChI is InChI=1S/C24H21ClN4O3S.C23H20ClN5O3S.2C21H19ClN2O4S/c1-17-15-29(16-27-17)12-13-33(31,32)20-8-5-18(6-9-20)24(30)28-19-7-10-22(25)21(14-19)23-4-2-3-11-26-23;1-16-26-15-29(28-16)12-13-33(31,32)19-8-5-17(6-9-19)23(30)27-18-7-10-21(24)20(14-18)22-4-2-3-11-25-22;1-28-12-13-29(26,27)17-8-5-15(6-9-17)21(25)24-16-7-10-19(22)18(14-16)20-4-2-3-11-23-20;22-19-10-7-16(14-18(19)20-4-1-2-11-23-20)24-21(26)15-5-8-17(9-6-15)29(27,28)13-3-12-25/h2-11,14-16H,12-13H2,1H3,(H,28,30);2-11,14-15H,12-13H2,1H3,(H,27,30);2-11,14H,12-13H2,1H3,(H,24,25);1-2,4-11,14,25H,3,12-13H2,(H,24,26). The number of amides is 4. The van der Waals surface area contributed by atoms with E-state index in [1.165, 1.54) is 115 Å². The number of anilines is 4. The summed E-state index contributed by atoms with van der Waals surface area (Å²) in [6, 6.07) is 65.6. The number of aliphatic hydroxyl groups is 1. The third-order valence-corrected chi connectivity index (χ3v) is 26.6. The second-order valence-electron chi connectivity index (χ2n) is 27.2. The van der Waals surface area contributed by atoms with Crippen LogP contribution in [0.25, 0.3) is 45.0 Å². The van der Waals surface area contributed by atoms with Gasteiger partial charge in [0.25, 0.3) is 23.6 Å². The van der Waals surface area contributed by atoms with Crippen molar-refractivity contribution in [3.05, 3.63) is 340 Å². The Morgan fingerprint density at radius 1 is 0.371 bits per heavy atom. The smallest absolute Gasteiger partial charge is 0.255 e. The van der Waals surface area contributed by atoms with Crippen LogP contribution in [-0.4, -0.2) is 150 Å². The third-order valence-electron chi connectivity index (χ3n) is 18.3. The summed E-state index contributed by atoms with van der Waals surface area (Å²) in [6.07, 6.45) is 11.7. The number of carbonyl (C=O) groups excluding carboxylic acids is 4. The number of imidazole rings is 1. The van der Waals surface area contributed by atoms with Crippen LogP contribution in [0, 0.1) is 13.8 Å². The van der Waals surface area contributed by atoms with Crippen LogP contribution in [-0.2, 0) is 57.2 Å². The van der Waals surface area contributed by atoms with Crippen LogP contribution < -0.4 is 21.3 Å². The lowest BCUT2D eigenvalue weighted by atomic mass is 10.1. The van der Waals surface area contributed by atoms with Gasteiger partial charge in [-0.15, -0.1) is 0 Å². The monoisotopic (exact) mass is 1820 g/mol. The lowest BCUT2D eigenvalue weighted by Crippen LogP contribution is -2.15. The molecule has 0 saturated carbocycles. The highest BCUT2D eigenvalue weighted by atomic mass is 35.5. The molecule has 8 aromatic carbocycles. The molecular formula is C89H79Cl4N13O14S4. The normalized spacial score (nSPS) is 11.3. The molecule has 0 spiro atoms. The van der Waals surface area contributed by atoms with E-state index >= 15 is 0 Å². The van der Waals surface area contributed by atoms with Gasteiger partial charge in [-0.3, -0.25) is 43.8 Å². The van der Waals surface area contributed by atoms with E-state index in [1.807, 2.05) is 73.7 Å². The maximum Gasteiger partial charge on any atom is 0.255 e. The second kappa shape index (κ2) is 43.0. The van der Waals surface area contributed by atoms with Gasteiger partial charge in [-0.1, -0.05) is 70.7 Å². The summed E-state index contributed by atoms with van der Waals surface area (Å²) in [5, 5.41) is 26.2. The van der Waals surface area contributed by atoms with E-state index < -0.39 is 39.3 Å². The zero-order valence-corrected chi connectivity index (χ0v) is 72.7. The van der Waals surface area contributed by atoms with E-state index in [2.05, 4.69) is 56.3 Å². The Balaban J connectivity index is 0.000000161. The van der Waals surface area contributed by atoms with Gasteiger partial charge >= 0.3 is 0 Å². The number of nitrogens with one attached hydrogen (secondary N) is 4. The molecule has 0 aliphatic heterocycles. The predicted octanol–water partition coefficient (Wildman–Crippen LogP) is 16.5. The Hall–Kier alpha value is -12.5. The predicted molar refractivity (Wildman–Crippen MR) is 480 cm³/mol. The van der Waals surface area contributed by atoms with Gasteiger partial charge in [-0.05, 0) is 239 Å². The first-order valence-electron chi connectivity index (χ1n) is 37.8. The second-order valence-corrected chi connectivity index (χ2v) is 37.3. The lowest BCUT2D eigenvalue weighted by Gasteiger charge is -2.10. The van der Waals surface area contributed by atoms with Crippen molar-refractivity contribution in [3.8, 4) is 45.0 Å². The van der Waals surface area contributed by atoms with E-state index in [9.17, 15) is 52.8 Å². The van der Waals surface area contributed by atoms with Gasteiger partial charge < -0.3 is 35.7 Å². The Morgan fingerprint density at radius 3 is 0.944 bits per heavy atom. The molecule has 6 aromatic heterocycles. The molecule has 124 heavy (non-hydrogen) atoms. The summed E-state index contributed by atoms with van der Waals surface area (Å²) in [5.74, 6) is -1.33. The van der Waals surface area contributed by atoms with Crippen molar-refractivity contribution in [2.75, 3.05) is 64.6 Å². The first kappa shape index (κ1) is 92.2. The van der Waals surface area contributed by atoms with E-state index in [0.29, 0.717) is 122 Å². The molecule has 636 valence electrons. The van der Waals surface area contributed by atoms with Crippen LogP contribution in [0.4, 0.5) is 22.7 Å². The molecule has 0 aliphatic carbocycles. The first-order chi connectivity index (χ1) is 59.4. The van der Waals surface area contributed by atoms with Gasteiger partial charge in [0.1, 0.15) is 12.2 Å². The van der Waals surface area contributed by atoms with Crippen LogP contribution >= 0.6 is 46.4 Å². The fraction of sp³-hybridized carbons (Fsp3) is 0.135. The summed E-state index contributed by atoms with van der Waals surface area (Å²) in [7, 11) is -12.5. The molecule has 0 bridgehead atoms. The minimum atomic E-state index is -3.53. The molecule has 0 atom stereocenters. The Kier molecular flexibility index (Phi) is 32.0. The first-order valence-corrected chi connectivity index (χ1v) is 45.9. The zero-order chi connectivity index (χ0) is 88.6. The van der Waals surface area contributed by atoms with Crippen LogP contribution in [0.5, 0.6) is 0 Å². The minimum absolute atomic E-state index is 0.0601. The number of aryl methyl sites for hydroxylation is 4. The summed E-state index contributed by atoms with van der Waals surface area (Å²) >= 11 is 25.1. The number of aromatic nitrogens is 9. The van der Waals surface area contributed by atoms with Gasteiger partial charge in [0.05, 0.1) is 111 Å². The number of sulfone groups is 4. The number of carbonyl (C=O) groups is 4. The molecule has 0 saturated heterocycles. The van der Waals surface area contributed by atoms with E-state index in [0.717, 1.165) is 5.69 Å². The number of rotatable bonds is 28. The molecule has 4 amide bonds. The fourth-order valence-corrected chi connectivity index (χ4v) is 17.6. The van der Waals surface area contributed by atoms with Gasteiger partial charge in [-0.2, -0.15) is 5.10 Å². The van der Waals surface area contributed by atoms with Gasteiger partial charge in [0, 0.05) is 119 Å². The summed E-state index contributed by atoms with van der Waals surface area (Å²) in [6.45, 7) is 4.00. The SMILES string of the molecule is COCCS(=O)(=O)c1ccc(C(=O)Nc2ccc(Cl)c(-c3ccccn3)c2)cc1.Cc1cn(CCS(=O)(=O)c2ccc(C(=O)Nc3ccc(Cl)c(-c4ccccn4)c3)cc2)cn1.Cc1ncn(CCS(=O)(=O)c2ccc(C(=O)Nc3ccc(Cl)c(-c4ccccn4)c3)cc2)n1.O=C(Nc1ccc(Cl)c(-c2ccccn2)c1)c1ccc(S(=O)(=O)CCCO)cc1. The van der Waals surface area contributed by atoms with E-state index in [4.69, 9.17) is 56.2 Å². The molecule has 14 rings (SSSR count).